The monoisotopic (exact) mass is 314 g/mol. The maximum Gasteiger partial charge on any atom is 0.0459 e. The van der Waals surface area contributed by atoms with Gasteiger partial charge < -0.3 is 4.98 Å². The van der Waals surface area contributed by atoms with Crippen molar-refractivity contribution in [3.63, 3.8) is 0 Å². The van der Waals surface area contributed by atoms with E-state index in [9.17, 15) is 0 Å². The van der Waals surface area contributed by atoms with Gasteiger partial charge >= 0.3 is 0 Å². The molecule has 0 unspecified atom stereocenters. The van der Waals surface area contributed by atoms with Gasteiger partial charge in [-0.05, 0) is 61.1 Å². The Bertz CT molecular complexity index is 662. The highest BCUT2D eigenvalue weighted by Gasteiger charge is 2.40. The molecule has 0 spiro atoms. The first-order valence-corrected chi connectivity index (χ1v) is 9.38. The standard InChI is InChI=1S/C19H26N2S/c1-2-7-21-12-13(6-8-22)9-16-15-4-3-5-17-19(15)14(11-20-17)10-18(16)21/h3-5,11,13,16,18,20,22H,2,6-10,12H2,1H3/t13-,16-,18-/m1/s1. The molecule has 3 atom stereocenters. The molecule has 0 radical (unpaired) electrons. The van der Waals surface area contributed by atoms with E-state index >= 15 is 0 Å². The van der Waals surface area contributed by atoms with E-state index in [2.05, 4.69) is 53.8 Å². The summed E-state index contributed by atoms with van der Waals surface area (Å²) in [6.07, 6.45) is 7.31. The minimum absolute atomic E-state index is 0.699. The molecule has 2 heterocycles. The molecule has 0 amide bonds. The van der Waals surface area contributed by atoms with Crippen LogP contribution >= 0.6 is 12.6 Å². The number of fused-ring (bicyclic) bond motifs is 2. The number of nitrogens with one attached hydrogen (secondary N) is 1. The molecule has 1 aliphatic carbocycles. The van der Waals surface area contributed by atoms with Crippen molar-refractivity contribution in [2.45, 2.75) is 44.6 Å². The molecule has 2 aliphatic rings. The molecule has 1 aromatic heterocycles. The van der Waals surface area contributed by atoms with Crippen molar-refractivity contribution in [3.8, 4) is 0 Å². The first-order chi connectivity index (χ1) is 10.8. The fraction of sp³-hybridized carbons (Fsp3) is 0.579. The highest BCUT2D eigenvalue weighted by molar-refractivity contribution is 7.80. The Kier molecular flexibility index (Phi) is 3.95. The zero-order valence-electron chi connectivity index (χ0n) is 13.4. The summed E-state index contributed by atoms with van der Waals surface area (Å²) >= 11 is 4.49. The van der Waals surface area contributed by atoms with Crippen LogP contribution in [-0.4, -0.2) is 34.8 Å². The lowest BCUT2D eigenvalue weighted by atomic mass is 9.72. The van der Waals surface area contributed by atoms with Gasteiger partial charge in [0.1, 0.15) is 0 Å². The van der Waals surface area contributed by atoms with Crippen LogP contribution < -0.4 is 0 Å². The number of benzene rings is 1. The van der Waals surface area contributed by atoms with Gasteiger partial charge in [-0.15, -0.1) is 0 Å². The molecule has 1 saturated heterocycles. The van der Waals surface area contributed by atoms with Gasteiger partial charge in [0.05, 0.1) is 0 Å². The molecule has 1 N–H and O–H groups in total. The van der Waals surface area contributed by atoms with Gasteiger partial charge in [0.2, 0.25) is 0 Å². The van der Waals surface area contributed by atoms with Crippen molar-refractivity contribution in [2.24, 2.45) is 5.92 Å². The molecule has 2 aromatic rings. The summed E-state index contributed by atoms with van der Waals surface area (Å²) in [5.74, 6) is 2.53. The highest BCUT2D eigenvalue weighted by atomic mass is 32.1. The Balaban J connectivity index is 1.75. The molecule has 3 heteroatoms. The Hall–Kier alpha value is -0.930. The van der Waals surface area contributed by atoms with Gasteiger partial charge in [0.15, 0.2) is 0 Å². The van der Waals surface area contributed by atoms with Crippen molar-refractivity contribution in [2.75, 3.05) is 18.8 Å². The number of H-pyrrole nitrogens is 1. The fourth-order valence-electron chi connectivity index (χ4n) is 4.84. The lowest BCUT2D eigenvalue weighted by Gasteiger charge is -2.47. The number of piperidine rings is 1. The normalized spacial score (nSPS) is 28.0. The number of hydrogen-bond acceptors (Lipinski definition) is 2. The summed E-state index contributed by atoms with van der Waals surface area (Å²) in [6, 6.07) is 7.53. The summed E-state index contributed by atoms with van der Waals surface area (Å²) < 4.78 is 0. The highest BCUT2D eigenvalue weighted by Crippen LogP contribution is 2.45. The van der Waals surface area contributed by atoms with Gasteiger partial charge in [0.25, 0.3) is 0 Å². The molecule has 2 nitrogen and oxygen atoms in total. The summed E-state index contributed by atoms with van der Waals surface area (Å²) in [6.45, 7) is 4.81. The molecular weight excluding hydrogens is 288 g/mol. The molecule has 1 aromatic carbocycles. The second-order valence-electron chi connectivity index (χ2n) is 7.07. The minimum Gasteiger partial charge on any atom is -0.361 e. The molecular formula is C19H26N2S. The largest absolute Gasteiger partial charge is 0.361 e. The Morgan fingerprint density at radius 1 is 1.36 bits per heavy atom. The smallest absolute Gasteiger partial charge is 0.0459 e. The SMILES string of the molecule is CCCN1C[C@H](CCS)C[C@@H]2c3cccc4[nH]cc(c34)C[C@H]21. The quantitative estimate of drug-likeness (QED) is 0.809. The zero-order chi connectivity index (χ0) is 15.1. The van der Waals surface area contributed by atoms with Gasteiger partial charge in [0, 0.05) is 35.6 Å². The van der Waals surface area contributed by atoms with Crippen molar-refractivity contribution >= 4 is 23.5 Å². The van der Waals surface area contributed by atoms with E-state index in [4.69, 9.17) is 0 Å². The number of likely N-dealkylation sites (tertiary alicyclic amines) is 1. The van der Waals surface area contributed by atoms with E-state index in [1.165, 1.54) is 55.2 Å². The predicted octanol–water partition coefficient (Wildman–Crippen LogP) is 4.23. The first kappa shape index (κ1) is 14.6. The molecule has 0 saturated carbocycles. The van der Waals surface area contributed by atoms with Crippen molar-refractivity contribution in [3.05, 3.63) is 35.5 Å². The van der Waals surface area contributed by atoms with E-state index in [1.807, 2.05) is 0 Å². The molecule has 0 bridgehead atoms. The molecule has 1 fully saturated rings. The average Bonchev–Trinajstić information content (AvgIpc) is 2.94. The predicted molar refractivity (Wildman–Crippen MR) is 97.0 cm³/mol. The van der Waals surface area contributed by atoms with Crippen LogP contribution in [-0.2, 0) is 6.42 Å². The van der Waals surface area contributed by atoms with E-state index in [0.717, 1.165) is 11.7 Å². The first-order valence-electron chi connectivity index (χ1n) is 8.75. The summed E-state index contributed by atoms with van der Waals surface area (Å²) in [5.41, 5.74) is 4.44. The summed E-state index contributed by atoms with van der Waals surface area (Å²) in [5, 5.41) is 1.52. The Morgan fingerprint density at radius 3 is 3.09 bits per heavy atom. The van der Waals surface area contributed by atoms with E-state index < -0.39 is 0 Å². The average molecular weight is 314 g/mol. The van der Waals surface area contributed by atoms with Crippen LogP contribution in [0.25, 0.3) is 10.9 Å². The topological polar surface area (TPSA) is 19.0 Å². The molecule has 1 aliphatic heterocycles. The third-order valence-electron chi connectivity index (χ3n) is 5.71. The fourth-order valence-corrected chi connectivity index (χ4v) is 5.20. The van der Waals surface area contributed by atoms with Crippen LogP contribution in [0.3, 0.4) is 0 Å². The molecule has 118 valence electrons. The van der Waals surface area contributed by atoms with Crippen LogP contribution in [0.5, 0.6) is 0 Å². The maximum absolute atomic E-state index is 4.49. The van der Waals surface area contributed by atoms with Crippen LogP contribution in [0.1, 0.15) is 43.2 Å². The van der Waals surface area contributed by atoms with Crippen molar-refractivity contribution in [1.82, 2.24) is 9.88 Å². The van der Waals surface area contributed by atoms with Gasteiger partial charge in [-0.1, -0.05) is 19.1 Å². The van der Waals surface area contributed by atoms with Gasteiger partial charge in [-0.3, -0.25) is 4.90 Å². The van der Waals surface area contributed by atoms with Crippen molar-refractivity contribution < 1.29 is 0 Å². The Morgan fingerprint density at radius 2 is 2.27 bits per heavy atom. The molecule has 22 heavy (non-hydrogen) atoms. The lowest BCUT2D eigenvalue weighted by molar-refractivity contribution is 0.0835. The number of rotatable bonds is 4. The summed E-state index contributed by atoms with van der Waals surface area (Å²) in [7, 11) is 0. The number of aromatic amines is 1. The van der Waals surface area contributed by atoms with Gasteiger partial charge in [-0.25, -0.2) is 0 Å². The second kappa shape index (κ2) is 5.93. The number of hydrogen-bond donors (Lipinski definition) is 2. The summed E-state index contributed by atoms with van der Waals surface area (Å²) in [4.78, 5) is 6.26. The minimum atomic E-state index is 0.699. The van der Waals surface area contributed by atoms with Crippen LogP contribution in [0.15, 0.2) is 24.4 Å². The zero-order valence-corrected chi connectivity index (χ0v) is 14.3. The second-order valence-corrected chi connectivity index (χ2v) is 7.52. The van der Waals surface area contributed by atoms with Crippen molar-refractivity contribution in [1.29, 1.82) is 0 Å². The van der Waals surface area contributed by atoms with Crippen LogP contribution in [0.4, 0.5) is 0 Å². The van der Waals surface area contributed by atoms with Crippen LogP contribution in [0, 0.1) is 5.92 Å². The maximum atomic E-state index is 4.49. The van der Waals surface area contributed by atoms with Crippen LogP contribution in [0.2, 0.25) is 0 Å². The van der Waals surface area contributed by atoms with E-state index in [0.29, 0.717) is 12.0 Å². The third-order valence-corrected chi connectivity index (χ3v) is 5.97. The Labute approximate surface area is 138 Å². The van der Waals surface area contributed by atoms with E-state index in [-0.39, 0.29) is 0 Å². The lowest BCUT2D eigenvalue weighted by Crippen LogP contribution is -2.50. The van der Waals surface area contributed by atoms with E-state index in [1.54, 1.807) is 5.56 Å². The number of aromatic nitrogens is 1. The number of nitrogens with zero attached hydrogens (tertiary/aromatic N) is 1. The number of thiol groups is 1. The molecule has 4 rings (SSSR count). The third kappa shape index (κ3) is 2.30. The van der Waals surface area contributed by atoms with Gasteiger partial charge in [-0.2, -0.15) is 12.6 Å².